The Labute approximate surface area is 87.6 Å². The van der Waals surface area contributed by atoms with Crippen molar-refractivity contribution in [1.82, 2.24) is 0 Å². The quantitative estimate of drug-likeness (QED) is 0.531. The molecule has 0 aromatic heterocycles. The zero-order valence-electron chi connectivity index (χ0n) is 9.37. The Kier molecular flexibility index (Phi) is 10.9. The number of aliphatic hydroxyl groups is 1. The zero-order chi connectivity index (χ0) is 10.6. The van der Waals surface area contributed by atoms with Crippen LogP contribution in [0.1, 0.15) is 45.4 Å². The lowest BCUT2D eigenvalue weighted by Crippen LogP contribution is -2.25. The molecule has 0 radical (unpaired) electrons. The summed E-state index contributed by atoms with van der Waals surface area (Å²) in [5.74, 6) is 0. The summed E-state index contributed by atoms with van der Waals surface area (Å²) in [5.41, 5.74) is 5.52. The average Bonchev–Trinajstić information content (AvgIpc) is 2.21. The molecule has 3 N–H and O–H groups in total. The van der Waals surface area contributed by atoms with Crippen molar-refractivity contribution < 1.29 is 9.84 Å². The maximum atomic E-state index is 8.65. The highest BCUT2D eigenvalue weighted by Gasteiger charge is 1.98. The largest absolute Gasteiger partial charge is 0.395 e. The standard InChI is InChI=1S/C11H25NO2/c1-2-3-4-5-6-8-14-9-7-11(12)10-13/h11,13H,2-10,12H2,1H3. The summed E-state index contributed by atoms with van der Waals surface area (Å²) >= 11 is 0. The van der Waals surface area contributed by atoms with Gasteiger partial charge in [-0.15, -0.1) is 0 Å². The average molecular weight is 203 g/mol. The van der Waals surface area contributed by atoms with Gasteiger partial charge in [0.15, 0.2) is 0 Å². The molecule has 0 aromatic carbocycles. The summed E-state index contributed by atoms with van der Waals surface area (Å²) in [6.07, 6.45) is 7.09. The second-order valence-corrected chi connectivity index (χ2v) is 3.76. The number of nitrogens with two attached hydrogens (primary N) is 1. The molecule has 1 atom stereocenters. The number of aliphatic hydroxyl groups excluding tert-OH is 1. The van der Waals surface area contributed by atoms with Crippen LogP contribution in [0.25, 0.3) is 0 Å². The molecule has 3 heteroatoms. The Morgan fingerprint density at radius 2 is 1.86 bits per heavy atom. The molecule has 0 heterocycles. The summed E-state index contributed by atoms with van der Waals surface area (Å²) in [5, 5.41) is 8.65. The maximum Gasteiger partial charge on any atom is 0.0583 e. The van der Waals surface area contributed by atoms with Crippen LogP contribution in [-0.4, -0.2) is 31.0 Å². The van der Waals surface area contributed by atoms with Gasteiger partial charge < -0.3 is 15.6 Å². The monoisotopic (exact) mass is 203 g/mol. The Morgan fingerprint density at radius 3 is 2.50 bits per heavy atom. The molecule has 0 aliphatic carbocycles. The molecule has 0 aromatic rings. The first-order valence-corrected chi connectivity index (χ1v) is 5.75. The fourth-order valence-corrected chi connectivity index (χ4v) is 1.24. The third-order valence-electron chi connectivity index (χ3n) is 2.26. The summed E-state index contributed by atoms with van der Waals surface area (Å²) < 4.78 is 5.40. The lowest BCUT2D eigenvalue weighted by Gasteiger charge is -2.08. The minimum Gasteiger partial charge on any atom is -0.395 e. The SMILES string of the molecule is CCCCCCCOCCC(N)CO. The second-order valence-electron chi connectivity index (χ2n) is 3.76. The predicted molar refractivity (Wildman–Crippen MR) is 59.3 cm³/mol. The molecule has 0 aliphatic rings. The summed E-state index contributed by atoms with van der Waals surface area (Å²) in [4.78, 5) is 0. The van der Waals surface area contributed by atoms with Crippen molar-refractivity contribution in [2.75, 3.05) is 19.8 Å². The van der Waals surface area contributed by atoms with Gasteiger partial charge in [-0.2, -0.15) is 0 Å². The van der Waals surface area contributed by atoms with Gasteiger partial charge in [0, 0.05) is 19.3 Å². The molecule has 86 valence electrons. The first-order valence-electron chi connectivity index (χ1n) is 5.75. The third kappa shape index (κ3) is 9.96. The van der Waals surface area contributed by atoms with Crippen LogP contribution in [0, 0.1) is 0 Å². The van der Waals surface area contributed by atoms with Crippen molar-refractivity contribution in [1.29, 1.82) is 0 Å². The van der Waals surface area contributed by atoms with E-state index in [0.29, 0.717) is 6.61 Å². The van der Waals surface area contributed by atoms with Gasteiger partial charge in [-0.25, -0.2) is 0 Å². The molecule has 0 saturated heterocycles. The molecule has 1 unspecified atom stereocenters. The van der Waals surface area contributed by atoms with Crippen LogP contribution in [0.5, 0.6) is 0 Å². The van der Waals surface area contributed by atoms with Crippen LogP contribution in [0.15, 0.2) is 0 Å². The van der Waals surface area contributed by atoms with Crippen LogP contribution in [0.2, 0.25) is 0 Å². The smallest absolute Gasteiger partial charge is 0.0583 e. The number of hydrogen-bond acceptors (Lipinski definition) is 3. The van der Waals surface area contributed by atoms with E-state index in [1.165, 1.54) is 25.7 Å². The predicted octanol–water partition coefficient (Wildman–Crippen LogP) is 1.68. The lowest BCUT2D eigenvalue weighted by molar-refractivity contribution is 0.116. The van der Waals surface area contributed by atoms with Gasteiger partial charge in [0.2, 0.25) is 0 Å². The molecular weight excluding hydrogens is 178 g/mol. The zero-order valence-corrected chi connectivity index (χ0v) is 9.37. The lowest BCUT2D eigenvalue weighted by atomic mass is 10.2. The van der Waals surface area contributed by atoms with Crippen LogP contribution < -0.4 is 5.73 Å². The van der Waals surface area contributed by atoms with E-state index in [1.807, 2.05) is 0 Å². The number of unbranched alkanes of at least 4 members (excludes halogenated alkanes) is 4. The first kappa shape index (κ1) is 13.9. The highest BCUT2D eigenvalue weighted by molar-refractivity contribution is 4.56. The highest BCUT2D eigenvalue weighted by atomic mass is 16.5. The topological polar surface area (TPSA) is 55.5 Å². The van der Waals surface area contributed by atoms with Gasteiger partial charge in [-0.3, -0.25) is 0 Å². The molecule has 0 bridgehead atoms. The van der Waals surface area contributed by atoms with Crippen LogP contribution in [0.4, 0.5) is 0 Å². The highest BCUT2D eigenvalue weighted by Crippen LogP contribution is 2.02. The van der Waals surface area contributed by atoms with Gasteiger partial charge in [0.1, 0.15) is 0 Å². The molecule has 0 aliphatic heterocycles. The van der Waals surface area contributed by atoms with E-state index in [-0.39, 0.29) is 12.6 Å². The van der Waals surface area contributed by atoms with Crippen LogP contribution >= 0.6 is 0 Å². The third-order valence-corrected chi connectivity index (χ3v) is 2.26. The Balaban J connectivity index is 2.92. The molecule has 0 saturated carbocycles. The summed E-state index contributed by atoms with van der Waals surface area (Å²) in [7, 11) is 0. The van der Waals surface area contributed by atoms with Crippen molar-refractivity contribution in [3.05, 3.63) is 0 Å². The van der Waals surface area contributed by atoms with E-state index in [4.69, 9.17) is 15.6 Å². The maximum absolute atomic E-state index is 8.65. The van der Waals surface area contributed by atoms with Crippen molar-refractivity contribution in [3.63, 3.8) is 0 Å². The van der Waals surface area contributed by atoms with Crippen molar-refractivity contribution in [3.8, 4) is 0 Å². The number of rotatable bonds is 10. The molecule has 0 amide bonds. The van der Waals surface area contributed by atoms with Gasteiger partial charge in [0.25, 0.3) is 0 Å². The van der Waals surface area contributed by atoms with E-state index in [9.17, 15) is 0 Å². The normalized spacial score (nSPS) is 13.1. The van der Waals surface area contributed by atoms with Gasteiger partial charge in [-0.05, 0) is 12.8 Å². The fraction of sp³-hybridized carbons (Fsp3) is 1.00. The first-order chi connectivity index (χ1) is 6.81. The van der Waals surface area contributed by atoms with Crippen molar-refractivity contribution >= 4 is 0 Å². The van der Waals surface area contributed by atoms with Gasteiger partial charge in [0.05, 0.1) is 6.61 Å². The van der Waals surface area contributed by atoms with E-state index in [0.717, 1.165) is 19.4 Å². The van der Waals surface area contributed by atoms with E-state index in [1.54, 1.807) is 0 Å². The Bertz CT molecular complexity index is 109. The van der Waals surface area contributed by atoms with E-state index < -0.39 is 0 Å². The molecule has 0 fully saturated rings. The molecule has 3 nitrogen and oxygen atoms in total. The fourth-order valence-electron chi connectivity index (χ4n) is 1.24. The molecular formula is C11H25NO2. The van der Waals surface area contributed by atoms with E-state index in [2.05, 4.69) is 6.92 Å². The van der Waals surface area contributed by atoms with Crippen molar-refractivity contribution in [2.24, 2.45) is 5.73 Å². The van der Waals surface area contributed by atoms with Crippen molar-refractivity contribution in [2.45, 2.75) is 51.5 Å². The number of ether oxygens (including phenoxy) is 1. The van der Waals surface area contributed by atoms with Crippen LogP contribution in [-0.2, 0) is 4.74 Å². The minimum absolute atomic E-state index is 0.0554. The van der Waals surface area contributed by atoms with Gasteiger partial charge >= 0.3 is 0 Å². The molecule has 0 rings (SSSR count). The molecule has 0 spiro atoms. The van der Waals surface area contributed by atoms with Crippen LogP contribution in [0.3, 0.4) is 0 Å². The number of hydrogen-bond donors (Lipinski definition) is 2. The Morgan fingerprint density at radius 1 is 1.14 bits per heavy atom. The molecule has 14 heavy (non-hydrogen) atoms. The second kappa shape index (κ2) is 11.0. The minimum atomic E-state index is -0.116. The summed E-state index contributed by atoms with van der Waals surface area (Å²) in [6.45, 7) is 3.78. The van der Waals surface area contributed by atoms with Gasteiger partial charge in [-0.1, -0.05) is 32.6 Å². The summed E-state index contributed by atoms with van der Waals surface area (Å²) in [6, 6.07) is -0.116. The Hall–Kier alpha value is -0.120. The van der Waals surface area contributed by atoms with E-state index >= 15 is 0 Å².